The van der Waals surface area contributed by atoms with Crippen molar-refractivity contribution in [2.45, 2.75) is 13.8 Å². The molecule has 1 rings (SSSR count). The van der Waals surface area contributed by atoms with Crippen LogP contribution in [0, 0.1) is 6.92 Å². The molecule has 1 aromatic heterocycles. The van der Waals surface area contributed by atoms with Gasteiger partial charge in [-0.2, -0.15) is 0 Å². The highest BCUT2D eigenvalue weighted by atomic mass is 79.9. The summed E-state index contributed by atoms with van der Waals surface area (Å²) >= 11 is 3.34. The number of hydrogen-bond donors (Lipinski definition) is 1. The van der Waals surface area contributed by atoms with Crippen LogP contribution in [0.5, 0.6) is 0 Å². The predicted molar refractivity (Wildman–Crippen MR) is 60.1 cm³/mol. The normalized spacial score (nSPS) is 10.5. The SMILES string of the molecule is CC=CC(=O)Nc1cc(C)c(Br)cn1. The van der Waals surface area contributed by atoms with Gasteiger partial charge < -0.3 is 5.32 Å². The molecule has 0 bridgehead atoms. The molecular weight excluding hydrogens is 244 g/mol. The molecule has 0 atom stereocenters. The molecule has 0 unspecified atom stereocenters. The first kappa shape index (κ1) is 10.9. The van der Waals surface area contributed by atoms with Crippen LogP contribution >= 0.6 is 15.9 Å². The molecule has 3 nitrogen and oxygen atoms in total. The second-order valence-corrected chi connectivity index (χ2v) is 3.66. The van der Waals surface area contributed by atoms with Gasteiger partial charge in [-0.15, -0.1) is 0 Å². The second kappa shape index (κ2) is 4.91. The van der Waals surface area contributed by atoms with E-state index in [1.807, 2.05) is 13.0 Å². The van der Waals surface area contributed by atoms with Gasteiger partial charge in [-0.25, -0.2) is 4.98 Å². The lowest BCUT2D eigenvalue weighted by molar-refractivity contribution is -0.111. The number of hydrogen-bond acceptors (Lipinski definition) is 2. The van der Waals surface area contributed by atoms with E-state index in [0.29, 0.717) is 5.82 Å². The first-order chi connectivity index (χ1) is 6.63. The fourth-order valence-electron chi connectivity index (χ4n) is 0.927. The van der Waals surface area contributed by atoms with Crippen LogP contribution in [0.3, 0.4) is 0 Å². The molecule has 1 N–H and O–H groups in total. The van der Waals surface area contributed by atoms with E-state index in [4.69, 9.17) is 0 Å². The van der Waals surface area contributed by atoms with Gasteiger partial charge in [0.25, 0.3) is 0 Å². The lowest BCUT2D eigenvalue weighted by Gasteiger charge is -2.03. The minimum atomic E-state index is -0.165. The number of nitrogens with zero attached hydrogens (tertiary/aromatic N) is 1. The minimum Gasteiger partial charge on any atom is -0.307 e. The lowest BCUT2D eigenvalue weighted by atomic mass is 10.3. The van der Waals surface area contributed by atoms with Gasteiger partial charge in [0.1, 0.15) is 5.82 Å². The Balaban J connectivity index is 2.78. The highest BCUT2D eigenvalue weighted by Crippen LogP contribution is 2.16. The van der Waals surface area contributed by atoms with Crippen molar-refractivity contribution in [2.75, 3.05) is 5.32 Å². The molecule has 14 heavy (non-hydrogen) atoms. The Kier molecular flexibility index (Phi) is 3.83. The van der Waals surface area contributed by atoms with E-state index in [1.54, 1.807) is 19.2 Å². The third-order valence-corrected chi connectivity index (χ3v) is 2.45. The summed E-state index contributed by atoms with van der Waals surface area (Å²) in [7, 11) is 0. The minimum absolute atomic E-state index is 0.165. The maximum absolute atomic E-state index is 11.2. The van der Waals surface area contributed by atoms with Crippen molar-refractivity contribution in [1.82, 2.24) is 4.98 Å². The van der Waals surface area contributed by atoms with E-state index in [-0.39, 0.29) is 5.91 Å². The summed E-state index contributed by atoms with van der Waals surface area (Å²) in [4.78, 5) is 15.2. The fraction of sp³-hybridized carbons (Fsp3) is 0.200. The number of halogens is 1. The molecule has 4 heteroatoms. The number of carbonyl (C=O) groups is 1. The molecule has 0 aliphatic rings. The van der Waals surface area contributed by atoms with E-state index in [1.165, 1.54) is 6.08 Å². The van der Waals surface area contributed by atoms with E-state index >= 15 is 0 Å². The summed E-state index contributed by atoms with van der Waals surface area (Å²) in [6.45, 7) is 3.73. The zero-order valence-corrected chi connectivity index (χ0v) is 9.63. The van der Waals surface area contributed by atoms with Crippen molar-refractivity contribution in [3.05, 3.63) is 34.5 Å². The molecule has 1 amide bonds. The Labute approximate surface area is 91.4 Å². The number of anilines is 1. The Hall–Kier alpha value is -1.16. The standard InChI is InChI=1S/C10H11BrN2O/c1-3-4-10(14)13-9-5-7(2)8(11)6-12-9/h3-6H,1-2H3,(H,12,13,14). The number of rotatable bonds is 2. The smallest absolute Gasteiger partial charge is 0.249 e. The van der Waals surface area contributed by atoms with Crippen molar-refractivity contribution in [3.8, 4) is 0 Å². The number of nitrogens with one attached hydrogen (secondary N) is 1. The number of aromatic nitrogens is 1. The number of amides is 1. The zero-order chi connectivity index (χ0) is 10.6. The summed E-state index contributed by atoms with van der Waals surface area (Å²) in [5.41, 5.74) is 1.04. The average molecular weight is 255 g/mol. The van der Waals surface area contributed by atoms with Gasteiger partial charge >= 0.3 is 0 Å². The number of allylic oxidation sites excluding steroid dienone is 1. The first-order valence-corrected chi connectivity index (χ1v) is 4.98. The second-order valence-electron chi connectivity index (χ2n) is 2.81. The predicted octanol–water partition coefficient (Wildman–Crippen LogP) is 2.67. The van der Waals surface area contributed by atoms with E-state index in [2.05, 4.69) is 26.2 Å². The number of aryl methyl sites for hydroxylation is 1. The molecule has 0 saturated carbocycles. The average Bonchev–Trinajstić information content (AvgIpc) is 2.12. The Morgan fingerprint density at radius 2 is 2.36 bits per heavy atom. The molecule has 0 aliphatic heterocycles. The monoisotopic (exact) mass is 254 g/mol. The molecule has 0 fully saturated rings. The molecule has 0 radical (unpaired) electrons. The van der Waals surface area contributed by atoms with E-state index in [9.17, 15) is 4.79 Å². The number of pyridine rings is 1. The number of carbonyl (C=O) groups excluding carboxylic acids is 1. The molecular formula is C10H11BrN2O. The van der Waals surface area contributed by atoms with Gasteiger partial charge in [0, 0.05) is 10.7 Å². The van der Waals surface area contributed by atoms with Gasteiger partial charge in [-0.1, -0.05) is 6.08 Å². The van der Waals surface area contributed by atoms with E-state index < -0.39 is 0 Å². The van der Waals surface area contributed by atoms with Crippen LogP contribution in [0.1, 0.15) is 12.5 Å². The van der Waals surface area contributed by atoms with Crippen LogP contribution in [-0.4, -0.2) is 10.9 Å². The third kappa shape index (κ3) is 2.96. The Morgan fingerprint density at radius 1 is 1.64 bits per heavy atom. The summed E-state index contributed by atoms with van der Waals surface area (Å²) in [5.74, 6) is 0.399. The van der Waals surface area contributed by atoms with Crippen molar-refractivity contribution < 1.29 is 4.79 Å². The van der Waals surface area contributed by atoms with Crippen LogP contribution < -0.4 is 5.32 Å². The maximum atomic E-state index is 11.2. The highest BCUT2D eigenvalue weighted by molar-refractivity contribution is 9.10. The summed E-state index contributed by atoms with van der Waals surface area (Å²) < 4.78 is 0.932. The quantitative estimate of drug-likeness (QED) is 0.825. The van der Waals surface area contributed by atoms with Crippen molar-refractivity contribution >= 4 is 27.7 Å². The van der Waals surface area contributed by atoms with Crippen LogP contribution in [0.2, 0.25) is 0 Å². The summed E-state index contributed by atoms with van der Waals surface area (Å²) in [5, 5.41) is 2.65. The Bertz CT molecular complexity index is 374. The topological polar surface area (TPSA) is 42.0 Å². The van der Waals surface area contributed by atoms with Gasteiger partial charge in [0.15, 0.2) is 0 Å². The van der Waals surface area contributed by atoms with Crippen molar-refractivity contribution in [2.24, 2.45) is 0 Å². The zero-order valence-electron chi connectivity index (χ0n) is 8.04. The van der Waals surface area contributed by atoms with Gasteiger partial charge in [-0.3, -0.25) is 4.79 Å². The van der Waals surface area contributed by atoms with Crippen molar-refractivity contribution in [3.63, 3.8) is 0 Å². The molecule has 0 saturated heterocycles. The summed E-state index contributed by atoms with van der Waals surface area (Å²) in [6.07, 6.45) is 4.81. The van der Waals surface area contributed by atoms with Crippen LogP contribution in [0.4, 0.5) is 5.82 Å². The van der Waals surface area contributed by atoms with Gasteiger partial charge in [-0.05, 0) is 47.5 Å². The van der Waals surface area contributed by atoms with Crippen LogP contribution in [0.25, 0.3) is 0 Å². The first-order valence-electron chi connectivity index (χ1n) is 4.19. The lowest BCUT2D eigenvalue weighted by Crippen LogP contribution is -2.09. The van der Waals surface area contributed by atoms with Crippen LogP contribution in [-0.2, 0) is 4.79 Å². The van der Waals surface area contributed by atoms with E-state index in [0.717, 1.165) is 10.0 Å². The molecule has 1 aromatic rings. The Morgan fingerprint density at radius 3 is 2.93 bits per heavy atom. The molecule has 0 aromatic carbocycles. The van der Waals surface area contributed by atoms with Crippen LogP contribution in [0.15, 0.2) is 28.9 Å². The molecule has 0 aliphatic carbocycles. The molecule has 1 heterocycles. The highest BCUT2D eigenvalue weighted by Gasteiger charge is 2.00. The maximum Gasteiger partial charge on any atom is 0.249 e. The molecule has 0 spiro atoms. The third-order valence-electron chi connectivity index (χ3n) is 1.62. The summed E-state index contributed by atoms with van der Waals surface area (Å²) in [6, 6.07) is 1.81. The largest absolute Gasteiger partial charge is 0.307 e. The van der Waals surface area contributed by atoms with Gasteiger partial charge in [0.05, 0.1) is 0 Å². The molecule has 74 valence electrons. The van der Waals surface area contributed by atoms with Crippen molar-refractivity contribution in [1.29, 1.82) is 0 Å². The fourth-order valence-corrected chi connectivity index (χ4v) is 1.14. The van der Waals surface area contributed by atoms with Gasteiger partial charge in [0.2, 0.25) is 5.91 Å².